The zero-order chi connectivity index (χ0) is 14.4. The molecule has 108 valence electrons. The summed E-state index contributed by atoms with van der Waals surface area (Å²) in [6.45, 7) is 8.16. The summed E-state index contributed by atoms with van der Waals surface area (Å²) in [6, 6.07) is 10.7. The number of hydrogen-bond donors (Lipinski definition) is 0. The van der Waals surface area contributed by atoms with Gasteiger partial charge < -0.3 is 9.64 Å². The third-order valence-corrected chi connectivity index (χ3v) is 4.25. The molecule has 0 bridgehead atoms. The summed E-state index contributed by atoms with van der Waals surface area (Å²) in [6.07, 6.45) is 2.68. The largest absolute Gasteiger partial charge is 0.356 e. The van der Waals surface area contributed by atoms with Gasteiger partial charge in [0.25, 0.3) is 0 Å². The number of rotatable bonds is 6. The molecule has 3 nitrogen and oxygen atoms in total. The first-order valence-electron chi connectivity index (χ1n) is 7.61. The molecule has 1 aromatic rings. The van der Waals surface area contributed by atoms with E-state index in [1.807, 2.05) is 12.1 Å². The lowest BCUT2D eigenvalue weighted by Gasteiger charge is -2.34. The standard InChI is InChI=1S/C17H24N2O/c1-3-19(4-2)12-7-11-17(14-18)16-9-6-5-8-15(16)10-13-20-17/h5-6,8-9H,3-4,7,10-13H2,1-2H3. The van der Waals surface area contributed by atoms with Gasteiger partial charge in [-0.05, 0) is 44.5 Å². The van der Waals surface area contributed by atoms with Gasteiger partial charge in [-0.2, -0.15) is 5.26 Å². The highest BCUT2D eigenvalue weighted by atomic mass is 16.5. The van der Waals surface area contributed by atoms with Crippen LogP contribution in [0, 0.1) is 11.3 Å². The summed E-state index contributed by atoms with van der Waals surface area (Å²) in [5.74, 6) is 0. The van der Waals surface area contributed by atoms with Crippen LogP contribution in [0.2, 0.25) is 0 Å². The molecule has 0 amide bonds. The third-order valence-electron chi connectivity index (χ3n) is 4.25. The SMILES string of the molecule is CCN(CC)CCCC1(C#N)OCCc2ccccc21. The van der Waals surface area contributed by atoms with Gasteiger partial charge in [0.05, 0.1) is 6.61 Å². The molecule has 3 heteroatoms. The molecule has 2 rings (SSSR count). The van der Waals surface area contributed by atoms with Crippen molar-refractivity contribution in [1.29, 1.82) is 5.26 Å². The molecule has 1 aromatic carbocycles. The van der Waals surface area contributed by atoms with E-state index in [9.17, 15) is 5.26 Å². The zero-order valence-electron chi connectivity index (χ0n) is 12.6. The van der Waals surface area contributed by atoms with E-state index in [4.69, 9.17) is 4.74 Å². The molecule has 0 saturated carbocycles. The van der Waals surface area contributed by atoms with Crippen molar-refractivity contribution in [2.75, 3.05) is 26.2 Å². The molecule has 0 aromatic heterocycles. The maximum Gasteiger partial charge on any atom is 0.179 e. The van der Waals surface area contributed by atoms with Gasteiger partial charge in [-0.3, -0.25) is 0 Å². The van der Waals surface area contributed by atoms with Crippen molar-refractivity contribution >= 4 is 0 Å². The van der Waals surface area contributed by atoms with Crippen molar-refractivity contribution in [2.45, 2.75) is 38.7 Å². The lowest BCUT2D eigenvalue weighted by atomic mass is 9.84. The Morgan fingerprint density at radius 3 is 2.75 bits per heavy atom. The smallest absolute Gasteiger partial charge is 0.179 e. The van der Waals surface area contributed by atoms with Gasteiger partial charge in [0, 0.05) is 5.56 Å². The van der Waals surface area contributed by atoms with E-state index in [2.05, 4.69) is 36.9 Å². The van der Waals surface area contributed by atoms with Crippen LogP contribution in [0.15, 0.2) is 24.3 Å². The summed E-state index contributed by atoms with van der Waals surface area (Å²) in [7, 11) is 0. The minimum Gasteiger partial charge on any atom is -0.356 e. The first-order valence-corrected chi connectivity index (χ1v) is 7.61. The highest BCUT2D eigenvalue weighted by Gasteiger charge is 2.37. The van der Waals surface area contributed by atoms with Crippen molar-refractivity contribution in [3.05, 3.63) is 35.4 Å². The van der Waals surface area contributed by atoms with Gasteiger partial charge >= 0.3 is 0 Å². The lowest BCUT2D eigenvalue weighted by Crippen LogP contribution is -2.35. The molecule has 1 aliphatic rings. The van der Waals surface area contributed by atoms with E-state index in [1.54, 1.807) is 0 Å². The minimum atomic E-state index is -0.734. The predicted octanol–water partition coefficient (Wildman–Crippen LogP) is 3.10. The topological polar surface area (TPSA) is 36.3 Å². The van der Waals surface area contributed by atoms with Gasteiger partial charge in [-0.1, -0.05) is 38.1 Å². The Bertz CT molecular complexity index is 476. The van der Waals surface area contributed by atoms with Crippen LogP contribution in [0.1, 0.15) is 37.8 Å². The molecule has 0 fully saturated rings. The number of nitrogens with zero attached hydrogens (tertiary/aromatic N) is 2. The second-order valence-electron chi connectivity index (χ2n) is 5.32. The normalized spacial score (nSPS) is 21.5. The Labute approximate surface area is 122 Å². The van der Waals surface area contributed by atoms with E-state index in [-0.39, 0.29) is 0 Å². The van der Waals surface area contributed by atoms with Crippen molar-refractivity contribution < 1.29 is 4.74 Å². The molecule has 1 heterocycles. The molecule has 20 heavy (non-hydrogen) atoms. The van der Waals surface area contributed by atoms with E-state index in [1.165, 1.54) is 5.56 Å². The number of hydrogen-bond acceptors (Lipinski definition) is 3. The maximum absolute atomic E-state index is 9.68. The van der Waals surface area contributed by atoms with Crippen LogP contribution in [-0.2, 0) is 16.8 Å². The van der Waals surface area contributed by atoms with Crippen LogP contribution in [-0.4, -0.2) is 31.1 Å². The summed E-state index contributed by atoms with van der Waals surface area (Å²) in [5.41, 5.74) is 1.61. The fourth-order valence-electron chi connectivity index (χ4n) is 2.99. The van der Waals surface area contributed by atoms with Crippen molar-refractivity contribution in [3.8, 4) is 6.07 Å². The van der Waals surface area contributed by atoms with E-state index >= 15 is 0 Å². The van der Waals surface area contributed by atoms with E-state index in [0.717, 1.165) is 44.5 Å². The Kier molecular flexibility index (Phi) is 5.17. The van der Waals surface area contributed by atoms with Crippen molar-refractivity contribution in [1.82, 2.24) is 4.90 Å². The fraction of sp³-hybridized carbons (Fsp3) is 0.588. The van der Waals surface area contributed by atoms with Gasteiger partial charge in [-0.15, -0.1) is 0 Å². The lowest BCUT2D eigenvalue weighted by molar-refractivity contribution is -0.0249. The van der Waals surface area contributed by atoms with Crippen LogP contribution in [0.3, 0.4) is 0 Å². The van der Waals surface area contributed by atoms with Crippen LogP contribution in [0.25, 0.3) is 0 Å². The molecule has 1 atom stereocenters. The molecule has 0 radical (unpaired) electrons. The fourth-order valence-corrected chi connectivity index (χ4v) is 2.99. The predicted molar refractivity (Wildman–Crippen MR) is 80.4 cm³/mol. The molecule has 1 unspecified atom stereocenters. The molecule has 0 aliphatic carbocycles. The second kappa shape index (κ2) is 6.88. The molecular weight excluding hydrogens is 248 g/mol. The van der Waals surface area contributed by atoms with Crippen molar-refractivity contribution in [2.24, 2.45) is 0 Å². The second-order valence-corrected chi connectivity index (χ2v) is 5.32. The number of ether oxygens (including phenoxy) is 1. The molecule has 0 saturated heterocycles. The van der Waals surface area contributed by atoms with Gasteiger partial charge in [0.2, 0.25) is 0 Å². The van der Waals surface area contributed by atoms with E-state index in [0.29, 0.717) is 6.61 Å². The van der Waals surface area contributed by atoms with Gasteiger partial charge in [0.15, 0.2) is 5.60 Å². The summed E-state index contributed by atoms with van der Waals surface area (Å²) in [4.78, 5) is 2.39. The Hall–Kier alpha value is -1.37. The van der Waals surface area contributed by atoms with E-state index < -0.39 is 5.60 Å². The zero-order valence-corrected chi connectivity index (χ0v) is 12.6. The van der Waals surface area contributed by atoms with Crippen LogP contribution in [0.5, 0.6) is 0 Å². The van der Waals surface area contributed by atoms with Gasteiger partial charge in [-0.25, -0.2) is 0 Å². The molecule has 1 aliphatic heterocycles. The minimum absolute atomic E-state index is 0.649. The Balaban J connectivity index is 2.10. The van der Waals surface area contributed by atoms with Crippen LogP contribution < -0.4 is 0 Å². The third kappa shape index (κ3) is 3.03. The van der Waals surface area contributed by atoms with Gasteiger partial charge in [0.1, 0.15) is 6.07 Å². The molecular formula is C17H24N2O. The maximum atomic E-state index is 9.68. The average molecular weight is 272 g/mol. The first-order chi connectivity index (χ1) is 9.75. The monoisotopic (exact) mass is 272 g/mol. The van der Waals surface area contributed by atoms with Crippen molar-refractivity contribution in [3.63, 3.8) is 0 Å². The Morgan fingerprint density at radius 2 is 2.05 bits per heavy atom. The Morgan fingerprint density at radius 1 is 1.30 bits per heavy atom. The van der Waals surface area contributed by atoms with Crippen LogP contribution in [0.4, 0.5) is 0 Å². The first kappa shape index (κ1) is 15.0. The average Bonchev–Trinajstić information content (AvgIpc) is 2.51. The number of fused-ring (bicyclic) bond motifs is 1. The summed E-state index contributed by atoms with van der Waals surface area (Å²) >= 11 is 0. The number of benzene rings is 1. The quantitative estimate of drug-likeness (QED) is 0.798. The van der Waals surface area contributed by atoms with Crippen LogP contribution >= 0.6 is 0 Å². The number of nitriles is 1. The summed E-state index contributed by atoms with van der Waals surface area (Å²) < 4.78 is 5.91. The molecule has 0 spiro atoms. The highest BCUT2D eigenvalue weighted by Crippen LogP contribution is 2.36. The highest BCUT2D eigenvalue weighted by molar-refractivity contribution is 5.38. The summed E-state index contributed by atoms with van der Waals surface area (Å²) in [5, 5.41) is 9.68. The molecule has 0 N–H and O–H groups in total.